The van der Waals surface area contributed by atoms with E-state index in [0.29, 0.717) is 29.2 Å². The molecule has 1 atom stereocenters. The van der Waals surface area contributed by atoms with Crippen LogP contribution >= 0.6 is 23.2 Å². The van der Waals surface area contributed by atoms with Gasteiger partial charge in [-0.25, -0.2) is 4.79 Å². The molecule has 6 nitrogen and oxygen atoms in total. The van der Waals surface area contributed by atoms with Crippen LogP contribution in [0, 0.1) is 0 Å². The largest absolute Gasteiger partial charge is 0.445 e. The van der Waals surface area contributed by atoms with Gasteiger partial charge in [-0.1, -0.05) is 29.6 Å². The molecule has 30 heavy (non-hydrogen) atoms. The summed E-state index contributed by atoms with van der Waals surface area (Å²) in [6.45, 7) is 6.62. The van der Waals surface area contributed by atoms with E-state index >= 15 is 0 Å². The summed E-state index contributed by atoms with van der Waals surface area (Å²) in [5, 5.41) is 5.92. The summed E-state index contributed by atoms with van der Waals surface area (Å²) in [4.78, 5) is 17.0. The molecule has 1 aromatic heterocycles. The zero-order chi connectivity index (χ0) is 21.1. The molecule has 162 valence electrons. The highest BCUT2D eigenvalue weighted by Gasteiger charge is 2.25. The lowest BCUT2D eigenvalue weighted by Crippen LogP contribution is -2.32. The van der Waals surface area contributed by atoms with Gasteiger partial charge in [0.1, 0.15) is 6.61 Å². The van der Waals surface area contributed by atoms with Crippen LogP contribution in [0.3, 0.4) is 0 Å². The number of benzene rings is 1. The number of fused-ring (bicyclic) bond motifs is 1. The van der Waals surface area contributed by atoms with E-state index in [4.69, 9.17) is 33.0 Å². The Morgan fingerprint density at radius 2 is 1.77 bits per heavy atom. The monoisotopic (exact) mass is 450 g/mol. The Labute approximate surface area is 187 Å². The molecule has 1 aromatic carbocycles. The Hall–Kier alpha value is -1.76. The van der Waals surface area contributed by atoms with Crippen molar-refractivity contribution < 1.29 is 9.53 Å². The van der Waals surface area contributed by atoms with E-state index in [2.05, 4.69) is 22.6 Å². The van der Waals surface area contributed by atoms with Crippen molar-refractivity contribution in [1.29, 1.82) is 0 Å². The van der Waals surface area contributed by atoms with Crippen LogP contribution in [0.25, 0.3) is 0 Å². The number of carbonyl (C=O) groups excluding carboxylic acids is 1. The van der Waals surface area contributed by atoms with E-state index in [1.54, 1.807) is 23.1 Å². The highest BCUT2D eigenvalue weighted by Crippen LogP contribution is 2.26. The maximum Gasteiger partial charge on any atom is 0.410 e. The summed E-state index contributed by atoms with van der Waals surface area (Å²) in [5.41, 5.74) is 2.93. The molecule has 0 N–H and O–H groups in total. The predicted octanol–water partition coefficient (Wildman–Crippen LogP) is 5.28. The molecule has 1 amide bonds. The lowest BCUT2D eigenvalue weighted by atomic mass is 10.1. The summed E-state index contributed by atoms with van der Waals surface area (Å²) in [6, 6.07) is 7.63. The zero-order valence-electron chi connectivity index (χ0n) is 17.3. The Bertz CT molecular complexity index is 875. The second-order valence-corrected chi connectivity index (χ2v) is 9.04. The summed E-state index contributed by atoms with van der Waals surface area (Å²) in [6.07, 6.45) is 4.36. The molecule has 2 aliphatic heterocycles. The van der Waals surface area contributed by atoms with Gasteiger partial charge in [-0.2, -0.15) is 5.10 Å². The molecule has 3 heterocycles. The van der Waals surface area contributed by atoms with Gasteiger partial charge in [-0.3, -0.25) is 9.58 Å². The average molecular weight is 451 g/mol. The van der Waals surface area contributed by atoms with Gasteiger partial charge >= 0.3 is 6.09 Å². The number of carbonyl (C=O) groups is 1. The smallest absolute Gasteiger partial charge is 0.410 e. The first-order valence-corrected chi connectivity index (χ1v) is 11.4. The fourth-order valence-corrected chi connectivity index (χ4v) is 4.84. The normalized spacial score (nSPS) is 18.6. The van der Waals surface area contributed by atoms with Crippen molar-refractivity contribution in [3.63, 3.8) is 0 Å². The molecule has 4 rings (SSSR count). The number of piperidine rings is 1. The molecule has 0 saturated carbocycles. The summed E-state index contributed by atoms with van der Waals surface area (Å²) in [5.74, 6) is 0. The lowest BCUT2D eigenvalue weighted by molar-refractivity contribution is 0.0942. The van der Waals surface area contributed by atoms with Crippen LogP contribution in [-0.2, 0) is 24.4 Å². The first kappa shape index (κ1) is 21.5. The molecule has 1 unspecified atom stereocenters. The van der Waals surface area contributed by atoms with Crippen LogP contribution in [0.15, 0.2) is 24.3 Å². The number of halogens is 2. The number of nitrogens with zero attached hydrogens (tertiary/aromatic N) is 4. The van der Waals surface area contributed by atoms with E-state index in [1.165, 1.54) is 19.3 Å². The first-order valence-electron chi connectivity index (χ1n) is 10.7. The number of ether oxygens (including phenoxy) is 1. The SMILES string of the molecule is CC(c1cc2n(n1)CCCN(C(=O)OCc1cc(Cl)cc(Cl)c1)C2)N1CCCCC1. The maximum atomic E-state index is 12.7. The third-order valence-corrected chi connectivity index (χ3v) is 6.38. The quantitative estimate of drug-likeness (QED) is 0.635. The molecule has 8 heteroatoms. The Balaban J connectivity index is 1.40. The van der Waals surface area contributed by atoms with Crippen molar-refractivity contribution in [2.24, 2.45) is 0 Å². The van der Waals surface area contributed by atoms with Crippen molar-refractivity contribution in [2.75, 3.05) is 19.6 Å². The Kier molecular flexibility index (Phi) is 6.86. The molecule has 2 aliphatic rings. The molecular weight excluding hydrogens is 423 g/mol. The molecule has 2 aromatic rings. The van der Waals surface area contributed by atoms with Gasteiger partial charge in [-0.15, -0.1) is 0 Å². The number of aromatic nitrogens is 2. The number of rotatable bonds is 4. The van der Waals surface area contributed by atoms with Gasteiger partial charge in [0.2, 0.25) is 0 Å². The Morgan fingerprint density at radius 3 is 2.50 bits per heavy atom. The average Bonchev–Trinajstić information content (AvgIpc) is 3.02. The number of aryl methyl sites for hydroxylation is 1. The standard InChI is InChI=1S/C22H28Cl2N4O2/c1-16(26-6-3-2-4-7-26)21-13-20-14-27(8-5-9-28(20)25-21)22(29)30-15-17-10-18(23)12-19(24)11-17/h10-13,16H,2-9,14-15H2,1H3. The molecule has 1 fully saturated rings. The van der Waals surface area contributed by atoms with Crippen molar-refractivity contribution in [2.45, 2.75) is 58.3 Å². The molecule has 1 saturated heterocycles. The fourth-order valence-electron chi connectivity index (χ4n) is 4.27. The van der Waals surface area contributed by atoms with Crippen molar-refractivity contribution >= 4 is 29.3 Å². The van der Waals surface area contributed by atoms with Gasteiger partial charge in [0.15, 0.2) is 0 Å². The number of likely N-dealkylation sites (tertiary alicyclic amines) is 1. The van der Waals surface area contributed by atoms with Crippen LogP contribution in [0.5, 0.6) is 0 Å². The van der Waals surface area contributed by atoms with Gasteiger partial charge < -0.3 is 9.64 Å². The Morgan fingerprint density at radius 1 is 1.03 bits per heavy atom. The predicted molar refractivity (Wildman–Crippen MR) is 118 cm³/mol. The van der Waals surface area contributed by atoms with Gasteiger partial charge in [0.25, 0.3) is 0 Å². The summed E-state index contributed by atoms with van der Waals surface area (Å²) in [7, 11) is 0. The molecule has 0 aliphatic carbocycles. The fraction of sp³-hybridized carbons (Fsp3) is 0.545. The van der Waals surface area contributed by atoms with E-state index in [-0.39, 0.29) is 12.7 Å². The number of hydrogen-bond donors (Lipinski definition) is 0. The van der Waals surface area contributed by atoms with Crippen LogP contribution < -0.4 is 0 Å². The van der Waals surface area contributed by atoms with E-state index in [0.717, 1.165) is 43.0 Å². The van der Waals surface area contributed by atoms with Crippen molar-refractivity contribution in [1.82, 2.24) is 19.6 Å². The molecule has 0 radical (unpaired) electrons. The second kappa shape index (κ2) is 9.58. The molecule has 0 bridgehead atoms. The van der Waals surface area contributed by atoms with Gasteiger partial charge in [-0.05, 0) is 69.1 Å². The number of hydrogen-bond acceptors (Lipinski definition) is 4. The van der Waals surface area contributed by atoms with E-state index in [9.17, 15) is 4.79 Å². The molecule has 0 spiro atoms. The first-order chi connectivity index (χ1) is 14.5. The van der Waals surface area contributed by atoms with E-state index < -0.39 is 0 Å². The topological polar surface area (TPSA) is 50.6 Å². The van der Waals surface area contributed by atoms with Crippen LogP contribution in [0.2, 0.25) is 10.0 Å². The maximum absolute atomic E-state index is 12.7. The summed E-state index contributed by atoms with van der Waals surface area (Å²) < 4.78 is 7.58. The number of amides is 1. The highest BCUT2D eigenvalue weighted by molar-refractivity contribution is 6.34. The minimum atomic E-state index is -0.327. The lowest BCUT2D eigenvalue weighted by Gasteiger charge is -2.31. The minimum absolute atomic E-state index is 0.145. The van der Waals surface area contributed by atoms with Crippen LogP contribution in [-0.4, -0.2) is 45.3 Å². The third kappa shape index (κ3) is 5.10. The second-order valence-electron chi connectivity index (χ2n) is 8.16. The summed E-state index contributed by atoms with van der Waals surface area (Å²) >= 11 is 12.1. The van der Waals surface area contributed by atoms with Gasteiger partial charge in [0.05, 0.1) is 24.0 Å². The van der Waals surface area contributed by atoms with Crippen molar-refractivity contribution in [3.05, 3.63) is 51.3 Å². The van der Waals surface area contributed by atoms with Crippen LogP contribution in [0.1, 0.15) is 55.6 Å². The molecular formula is C22H28Cl2N4O2. The van der Waals surface area contributed by atoms with E-state index in [1.807, 2.05) is 0 Å². The highest BCUT2D eigenvalue weighted by atomic mass is 35.5. The minimum Gasteiger partial charge on any atom is -0.445 e. The van der Waals surface area contributed by atoms with Crippen LogP contribution in [0.4, 0.5) is 4.79 Å². The van der Waals surface area contributed by atoms with Crippen molar-refractivity contribution in [3.8, 4) is 0 Å². The third-order valence-electron chi connectivity index (χ3n) is 5.94. The zero-order valence-corrected chi connectivity index (χ0v) is 18.8. The van der Waals surface area contributed by atoms with Gasteiger partial charge in [0, 0.05) is 23.1 Å².